The first-order valence-corrected chi connectivity index (χ1v) is 5.24. The zero-order chi connectivity index (χ0) is 11.9. The normalized spacial score (nSPS) is 18.0. The van der Waals surface area contributed by atoms with Gasteiger partial charge in [0.1, 0.15) is 5.78 Å². The number of hydrogen-bond donors (Lipinski definition) is 0. The van der Waals surface area contributed by atoms with Crippen LogP contribution in [-0.4, -0.2) is 10.7 Å². The van der Waals surface area contributed by atoms with Gasteiger partial charge in [-0.2, -0.15) is 0 Å². The fraction of sp³-hybridized carbons (Fsp3) is 0.417. The highest BCUT2D eigenvalue weighted by Gasteiger charge is 2.35. The summed E-state index contributed by atoms with van der Waals surface area (Å²) < 4.78 is 0. The molecule has 84 valence electrons. The van der Waals surface area contributed by atoms with E-state index in [0.717, 1.165) is 11.1 Å². The minimum Gasteiger partial charge on any atom is -0.299 e. The van der Waals surface area contributed by atoms with Crippen molar-refractivity contribution in [2.45, 2.75) is 32.1 Å². The molecule has 2 rings (SSSR count). The number of benzene rings is 1. The van der Waals surface area contributed by atoms with E-state index in [4.69, 9.17) is 0 Å². The van der Waals surface area contributed by atoms with Crippen molar-refractivity contribution in [3.8, 4) is 0 Å². The van der Waals surface area contributed by atoms with Gasteiger partial charge >= 0.3 is 0 Å². The Morgan fingerprint density at radius 2 is 2.00 bits per heavy atom. The second kappa shape index (κ2) is 3.40. The Labute approximate surface area is 93.4 Å². The Morgan fingerprint density at radius 3 is 2.62 bits per heavy atom. The first-order chi connectivity index (χ1) is 7.43. The number of carbonyl (C=O) groups excluding carboxylic acids is 1. The number of ketones is 1. The molecular weight excluding hydrogens is 206 g/mol. The number of carbonyl (C=O) groups is 1. The maximum atomic E-state index is 11.8. The third-order valence-electron chi connectivity index (χ3n) is 3.30. The number of fused-ring (bicyclic) bond motifs is 1. The number of non-ortho nitro benzene ring substituents is 1. The molecule has 4 heteroatoms. The van der Waals surface area contributed by atoms with Crippen molar-refractivity contribution in [1.29, 1.82) is 0 Å². The highest BCUT2D eigenvalue weighted by atomic mass is 16.6. The lowest BCUT2D eigenvalue weighted by Gasteiger charge is -2.30. The molecule has 0 amide bonds. The van der Waals surface area contributed by atoms with Crippen LogP contribution in [-0.2, 0) is 16.6 Å². The Kier molecular flexibility index (Phi) is 2.30. The van der Waals surface area contributed by atoms with E-state index in [1.54, 1.807) is 6.07 Å². The van der Waals surface area contributed by atoms with Crippen LogP contribution in [0.2, 0.25) is 0 Å². The number of nitro benzene ring substituents is 1. The fourth-order valence-corrected chi connectivity index (χ4v) is 2.19. The fourth-order valence-electron chi connectivity index (χ4n) is 2.19. The predicted molar refractivity (Wildman–Crippen MR) is 59.5 cm³/mol. The van der Waals surface area contributed by atoms with Gasteiger partial charge in [-0.3, -0.25) is 14.9 Å². The molecule has 0 saturated carbocycles. The average molecular weight is 219 g/mol. The largest absolute Gasteiger partial charge is 0.299 e. The molecule has 1 aliphatic rings. The van der Waals surface area contributed by atoms with Gasteiger partial charge in [0.25, 0.3) is 5.69 Å². The molecule has 1 aromatic carbocycles. The summed E-state index contributed by atoms with van der Waals surface area (Å²) in [6, 6.07) is 4.80. The summed E-state index contributed by atoms with van der Waals surface area (Å²) in [5.74, 6) is 0.153. The van der Waals surface area contributed by atoms with Crippen molar-refractivity contribution in [3.63, 3.8) is 0 Å². The molecule has 0 atom stereocenters. The molecule has 0 bridgehead atoms. The van der Waals surface area contributed by atoms with Gasteiger partial charge in [0.2, 0.25) is 0 Å². The lowest BCUT2D eigenvalue weighted by atomic mass is 9.72. The van der Waals surface area contributed by atoms with Gasteiger partial charge in [-0.1, -0.05) is 6.07 Å². The van der Waals surface area contributed by atoms with Crippen LogP contribution in [0.1, 0.15) is 31.4 Å². The second-order valence-electron chi connectivity index (χ2n) is 4.65. The Bertz CT molecular complexity index is 477. The first kappa shape index (κ1) is 10.8. The number of Topliss-reactive ketones (excluding diaryl/α,β-unsaturated/α-hetero) is 1. The van der Waals surface area contributed by atoms with Crippen molar-refractivity contribution in [2.75, 3.05) is 0 Å². The topological polar surface area (TPSA) is 60.2 Å². The predicted octanol–water partition coefficient (Wildman–Crippen LogP) is 2.39. The van der Waals surface area contributed by atoms with Gasteiger partial charge in [0, 0.05) is 24.0 Å². The highest BCUT2D eigenvalue weighted by molar-refractivity contribution is 5.91. The number of nitrogens with zero attached hydrogens (tertiary/aromatic N) is 1. The SMILES string of the molecule is CC1(C)C(=O)CCc2ccc([N+](=O)[O-])cc21. The standard InChI is InChI=1S/C12H13NO3/c1-12(2)10-7-9(13(15)16)5-3-8(10)4-6-11(12)14/h3,5,7H,4,6H2,1-2H3. The molecule has 0 aromatic heterocycles. The molecule has 0 fully saturated rings. The summed E-state index contributed by atoms with van der Waals surface area (Å²) in [7, 11) is 0. The Hall–Kier alpha value is -1.71. The minimum atomic E-state index is -0.598. The van der Waals surface area contributed by atoms with Crippen molar-refractivity contribution in [3.05, 3.63) is 39.4 Å². The molecule has 0 aliphatic heterocycles. The van der Waals surface area contributed by atoms with Crippen LogP contribution in [0.15, 0.2) is 18.2 Å². The van der Waals surface area contributed by atoms with Crippen molar-refractivity contribution >= 4 is 11.5 Å². The van der Waals surface area contributed by atoms with Crippen LogP contribution in [0.25, 0.3) is 0 Å². The molecule has 0 radical (unpaired) electrons. The van der Waals surface area contributed by atoms with Gasteiger partial charge in [0.05, 0.1) is 4.92 Å². The van der Waals surface area contributed by atoms with Crippen molar-refractivity contribution in [1.82, 2.24) is 0 Å². The van der Waals surface area contributed by atoms with Gasteiger partial charge < -0.3 is 0 Å². The van der Waals surface area contributed by atoms with Crippen LogP contribution in [0, 0.1) is 10.1 Å². The number of aryl methyl sites for hydroxylation is 1. The lowest BCUT2D eigenvalue weighted by molar-refractivity contribution is -0.385. The Morgan fingerprint density at radius 1 is 1.31 bits per heavy atom. The number of rotatable bonds is 1. The molecule has 1 aliphatic carbocycles. The summed E-state index contributed by atoms with van der Waals surface area (Å²) in [4.78, 5) is 22.1. The molecule has 0 heterocycles. The van der Waals surface area contributed by atoms with Crippen molar-refractivity contribution in [2.24, 2.45) is 0 Å². The average Bonchev–Trinajstić information content (AvgIpc) is 2.23. The van der Waals surface area contributed by atoms with E-state index in [1.165, 1.54) is 12.1 Å². The zero-order valence-corrected chi connectivity index (χ0v) is 9.32. The Balaban J connectivity index is 2.59. The number of hydrogen-bond acceptors (Lipinski definition) is 3. The summed E-state index contributed by atoms with van der Waals surface area (Å²) in [5, 5.41) is 10.7. The van der Waals surface area contributed by atoms with Gasteiger partial charge in [-0.25, -0.2) is 0 Å². The third-order valence-corrected chi connectivity index (χ3v) is 3.30. The molecule has 0 spiro atoms. The van der Waals surface area contributed by atoms with Crippen LogP contribution >= 0.6 is 0 Å². The summed E-state index contributed by atoms with van der Waals surface area (Å²) in [6.07, 6.45) is 1.22. The summed E-state index contributed by atoms with van der Waals surface area (Å²) >= 11 is 0. The van der Waals surface area contributed by atoms with Gasteiger partial charge in [-0.05, 0) is 31.4 Å². The van der Waals surface area contributed by atoms with Gasteiger partial charge in [-0.15, -0.1) is 0 Å². The van der Waals surface area contributed by atoms with Crippen LogP contribution in [0.4, 0.5) is 5.69 Å². The quantitative estimate of drug-likeness (QED) is 0.538. The van der Waals surface area contributed by atoms with E-state index in [1.807, 2.05) is 13.8 Å². The van der Waals surface area contributed by atoms with E-state index in [2.05, 4.69) is 0 Å². The van der Waals surface area contributed by atoms with E-state index in [9.17, 15) is 14.9 Å². The van der Waals surface area contributed by atoms with Crippen LogP contribution in [0.3, 0.4) is 0 Å². The van der Waals surface area contributed by atoms with Crippen LogP contribution < -0.4 is 0 Å². The molecule has 0 unspecified atom stereocenters. The monoisotopic (exact) mass is 219 g/mol. The molecule has 1 aromatic rings. The van der Waals surface area contributed by atoms with Gasteiger partial charge in [0.15, 0.2) is 0 Å². The van der Waals surface area contributed by atoms with E-state index < -0.39 is 10.3 Å². The number of nitro groups is 1. The summed E-state index contributed by atoms with van der Waals surface area (Å²) in [6.45, 7) is 3.66. The van der Waals surface area contributed by atoms with Crippen LogP contribution in [0.5, 0.6) is 0 Å². The maximum absolute atomic E-state index is 11.8. The smallest absolute Gasteiger partial charge is 0.269 e. The van der Waals surface area contributed by atoms with E-state index >= 15 is 0 Å². The maximum Gasteiger partial charge on any atom is 0.269 e. The molecule has 0 N–H and O–H groups in total. The minimum absolute atomic E-state index is 0.0570. The summed E-state index contributed by atoms with van der Waals surface area (Å²) in [5.41, 5.74) is 1.31. The second-order valence-corrected chi connectivity index (χ2v) is 4.65. The molecule has 16 heavy (non-hydrogen) atoms. The van der Waals surface area contributed by atoms with E-state index in [-0.39, 0.29) is 11.5 Å². The molecular formula is C12H13NO3. The zero-order valence-electron chi connectivity index (χ0n) is 9.32. The molecule has 4 nitrogen and oxygen atoms in total. The molecule has 0 saturated heterocycles. The van der Waals surface area contributed by atoms with Crippen molar-refractivity contribution < 1.29 is 9.72 Å². The van der Waals surface area contributed by atoms with E-state index in [0.29, 0.717) is 12.8 Å². The third kappa shape index (κ3) is 1.50. The lowest BCUT2D eigenvalue weighted by Crippen LogP contribution is -2.34. The first-order valence-electron chi connectivity index (χ1n) is 5.24. The highest BCUT2D eigenvalue weighted by Crippen LogP contribution is 2.36.